The quantitative estimate of drug-likeness (QED) is 0.549. The van der Waals surface area contributed by atoms with Crippen molar-refractivity contribution in [1.82, 2.24) is 20.3 Å². The molecule has 1 aliphatic heterocycles. The summed E-state index contributed by atoms with van der Waals surface area (Å²) in [5, 5.41) is 8.80. The van der Waals surface area contributed by atoms with Crippen LogP contribution in [0.15, 0.2) is 48.7 Å². The Hall–Kier alpha value is -2.83. The van der Waals surface area contributed by atoms with E-state index < -0.39 is 5.91 Å². The lowest BCUT2D eigenvalue weighted by molar-refractivity contribution is 0.0706. The van der Waals surface area contributed by atoms with Crippen molar-refractivity contribution in [2.24, 2.45) is 0 Å². The Morgan fingerprint density at radius 3 is 2.56 bits per heavy atom. The fourth-order valence-corrected chi connectivity index (χ4v) is 3.51. The zero-order valence-electron chi connectivity index (χ0n) is 15.1. The number of hydrogen-bond donors (Lipinski definition) is 2. The molecule has 1 aliphatic rings. The molecule has 27 heavy (non-hydrogen) atoms. The molecular formula is C21H22N4O2. The van der Waals surface area contributed by atoms with Crippen LogP contribution in [0.3, 0.4) is 0 Å². The van der Waals surface area contributed by atoms with E-state index in [9.17, 15) is 4.79 Å². The van der Waals surface area contributed by atoms with Crippen LogP contribution in [-0.4, -0.2) is 39.1 Å². The van der Waals surface area contributed by atoms with Crippen LogP contribution < -0.4 is 5.48 Å². The first-order valence-corrected chi connectivity index (χ1v) is 9.26. The highest BCUT2D eigenvalue weighted by atomic mass is 16.5. The third-order valence-corrected chi connectivity index (χ3v) is 5.01. The van der Waals surface area contributed by atoms with Gasteiger partial charge >= 0.3 is 0 Å². The number of amides is 1. The second-order valence-electron chi connectivity index (χ2n) is 6.93. The molecule has 4 rings (SSSR count). The third kappa shape index (κ3) is 3.97. The number of carbonyl (C=O) groups is 1. The zero-order valence-corrected chi connectivity index (χ0v) is 15.1. The maximum Gasteiger partial charge on any atom is 0.274 e. The summed E-state index contributed by atoms with van der Waals surface area (Å²) in [6.07, 6.45) is 5.67. The second-order valence-corrected chi connectivity index (χ2v) is 6.93. The molecule has 0 aliphatic carbocycles. The van der Waals surface area contributed by atoms with Gasteiger partial charge in [-0.1, -0.05) is 30.7 Å². The lowest BCUT2D eigenvalue weighted by Gasteiger charge is -2.26. The number of rotatable bonds is 4. The zero-order chi connectivity index (χ0) is 18.6. The molecule has 2 aromatic carbocycles. The molecule has 0 bridgehead atoms. The van der Waals surface area contributed by atoms with E-state index in [0.717, 1.165) is 17.8 Å². The Morgan fingerprint density at radius 2 is 1.81 bits per heavy atom. The van der Waals surface area contributed by atoms with Crippen molar-refractivity contribution < 1.29 is 10.0 Å². The number of piperidine rings is 1. The highest BCUT2D eigenvalue weighted by molar-refractivity contribution is 5.96. The Labute approximate surface area is 157 Å². The van der Waals surface area contributed by atoms with Crippen molar-refractivity contribution in [2.45, 2.75) is 25.8 Å². The fourth-order valence-electron chi connectivity index (χ4n) is 3.51. The molecule has 0 radical (unpaired) electrons. The van der Waals surface area contributed by atoms with E-state index in [4.69, 9.17) is 5.21 Å². The highest BCUT2D eigenvalue weighted by Gasteiger charge is 2.11. The number of likely N-dealkylation sites (tertiary alicyclic amines) is 1. The first-order chi connectivity index (χ1) is 13.2. The number of fused-ring (bicyclic) bond motifs is 1. The van der Waals surface area contributed by atoms with Crippen molar-refractivity contribution in [3.8, 4) is 11.3 Å². The van der Waals surface area contributed by atoms with Crippen LogP contribution in [0.2, 0.25) is 0 Å². The predicted octanol–water partition coefficient (Wildman–Crippen LogP) is 3.40. The first kappa shape index (κ1) is 17.6. The largest absolute Gasteiger partial charge is 0.299 e. The number of carbonyl (C=O) groups excluding carboxylic acids is 1. The lowest BCUT2D eigenvalue weighted by Crippen LogP contribution is -2.28. The topological polar surface area (TPSA) is 78.3 Å². The average Bonchev–Trinajstić information content (AvgIpc) is 2.73. The van der Waals surface area contributed by atoms with Crippen molar-refractivity contribution in [2.75, 3.05) is 13.1 Å². The van der Waals surface area contributed by atoms with Crippen molar-refractivity contribution in [3.05, 3.63) is 59.8 Å². The van der Waals surface area contributed by atoms with Gasteiger partial charge in [0.25, 0.3) is 5.91 Å². The SMILES string of the molecule is O=C(NO)c1ccc2ncc(-c3ccc(CN4CCCCC4)cc3)nc2c1. The summed E-state index contributed by atoms with van der Waals surface area (Å²) in [5.74, 6) is -0.564. The minimum atomic E-state index is -0.564. The summed E-state index contributed by atoms with van der Waals surface area (Å²) in [6.45, 7) is 3.35. The van der Waals surface area contributed by atoms with E-state index in [0.29, 0.717) is 16.6 Å². The molecule has 3 aromatic rings. The normalized spacial score (nSPS) is 15.0. The van der Waals surface area contributed by atoms with Gasteiger partial charge in [0.05, 0.1) is 22.9 Å². The van der Waals surface area contributed by atoms with Crippen LogP contribution in [0, 0.1) is 0 Å². The molecule has 0 unspecified atom stereocenters. The van der Waals surface area contributed by atoms with E-state index in [-0.39, 0.29) is 0 Å². The van der Waals surface area contributed by atoms with E-state index in [1.165, 1.54) is 37.9 Å². The standard InChI is InChI=1S/C21H22N4O2/c26-21(24-27)17-8-9-18-19(12-17)23-20(13-22-18)16-6-4-15(5-7-16)14-25-10-2-1-3-11-25/h4-9,12-13,27H,1-3,10-11,14H2,(H,24,26). The summed E-state index contributed by atoms with van der Waals surface area (Å²) in [7, 11) is 0. The van der Waals surface area contributed by atoms with Gasteiger partial charge in [-0.2, -0.15) is 0 Å². The second kappa shape index (κ2) is 7.82. The molecule has 1 aromatic heterocycles. The number of aromatic nitrogens is 2. The number of nitrogens with zero attached hydrogens (tertiary/aromatic N) is 3. The van der Waals surface area contributed by atoms with Crippen molar-refractivity contribution in [3.63, 3.8) is 0 Å². The van der Waals surface area contributed by atoms with E-state index in [2.05, 4.69) is 39.1 Å². The Kier molecular flexibility index (Phi) is 5.09. The molecule has 2 N–H and O–H groups in total. The van der Waals surface area contributed by atoms with Gasteiger partial charge in [0.1, 0.15) is 0 Å². The lowest BCUT2D eigenvalue weighted by atomic mass is 10.1. The molecule has 6 heteroatoms. The van der Waals surface area contributed by atoms with E-state index in [1.807, 2.05) is 0 Å². The molecule has 0 saturated carbocycles. The molecular weight excluding hydrogens is 340 g/mol. The Balaban J connectivity index is 1.56. The van der Waals surface area contributed by atoms with Gasteiger partial charge in [-0.3, -0.25) is 19.9 Å². The van der Waals surface area contributed by atoms with Gasteiger partial charge in [-0.15, -0.1) is 0 Å². The number of benzene rings is 2. The van der Waals surface area contributed by atoms with Crippen LogP contribution in [-0.2, 0) is 6.54 Å². The summed E-state index contributed by atoms with van der Waals surface area (Å²) < 4.78 is 0. The van der Waals surface area contributed by atoms with Gasteiger partial charge in [0, 0.05) is 17.7 Å². The number of hydrogen-bond acceptors (Lipinski definition) is 5. The van der Waals surface area contributed by atoms with Crippen molar-refractivity contribution in [1.29, 1.82) is 0 Å². The van der Waals surface area contributed by atoms with Crippen LogP contribution >= 0.6 is 0 Å². The predicted molar refractivity (Wildman–Crippen MR) is 103 cm³/mol. The minimum Gasteiger partial charge on any atom is -0.299 e. The summed E-state index contributed by atoms with van der Waals surface area (Å²) in [6, 6.07) is 13.4. The molecule has 6 nitrogen and oxygen atoms in total. The van der Waals surface area contributed by atoms with Gasteiger partial charge in [0.15, 0.2) is 0 Å². The average molecular weight is 362 g/mol. The third-order valence-electron chi connectivity index (χ3n) is 5.01. The molecule has 0 spiro atoms. The maximum absolute atomic E-state index is 11.6. The molecule has 1 saturated heterocycles. The van der Waals surface area contributed by atoms with Gasteiger partial charge in [-0.25, -0.2) is 10.5 Å². The van der Waals surface area contributed by atoms with Crippen LogP contribution in [0.4, 0.5) is 0 Å². The Morgan fingerprint density at radius 1 is 1.04 bits per heavy atom. The monoisotopic (exact) mass is 362 g/mol. The summed E-state index contributed by atoms with van der Waals surface area (Å²) in [4.78, 5) is 23.2. The van der Waals surface area contributed by atoms with Gasteiger partial charge in [0.2, 0.25) is 0 Å². The summed E-state index contributed by atoms with van der Waals surface area (Å²) >= 11 is 0. The molecule has 138 valence electrons. The first-order valence-electron chi connectivity index (χ1n) is 9.26. The molecule has 2 heterocycles. The van der Waals surface area contributed by atoms with E-state index in [1.54, 1.807) is 29.9 Å². The van der Waals surface area contributed by atoms with E-state index >= 15 is 0 Å². The maximum atomic E-state index is 11.6. The number of nitrogens with one attached hydrogen (secondary N) is 1. The van der Waals surface area contributed by atoms with Crippen LogP contribution in [0.1, 0.15) is 35.2 Å². The number of hydroxylamine groups is 1. The Bertz CT molecular complexity index is 950. The smallest absolute Gasteiger partial charge is 0.274 e. The molecule has 1 fully saturated rings. The fraction of sp³-hybridized carbons (Fsp3) is 0.286. The highest BCUT2D eigenvalue weighted by Crippen LogP contribution is 2.21. The summed E-state index contributed by atoms with van der Waals surface area (Å²) in [5.41, 5.74) is 6.35. The van der Waals surface area contributed by atoms with Gasteiger partial charge < -0.3 is 0 Å². The van der Waals surface area contributed by atoms with Gasteiger partial charge in [-0.05, 0) is 49.7 Å². The minimum absolute atomic E-state index is 0.341. The molecule has 0 atom stereocenters. The molecule has 1 amide bonds. The van der Waals surface area contributed by atoms with Crippen molar-refractivity contribution >= 4 is 16.9 Å². The van der Waals surface area contributed by atoms with Crippen LogP contribution in [0.25, 0.3) is 22.3 Å². The van der Waals surface area contributed by atoms with Crippen LogP contribution in [0.5, 0.6) is 0 Å².